The Morgan fingerprint density at radius 2 is 2.14 bits per heavy atom. The molecular formula is C16H28N4O2. The van der Waals surface area contributed by atoms with Gasteiger partial charge in [-0.05, 0) is 45.2 Å². The first-order valence-electron chi connectivity index (χ1n) is 8.46. The number of likely N-dealkylation sites (tertiary alicyclic amines) is 1. The monoisotopic (exact) mass is 308 g/mol. The van der Waals surface area contributed by atoms with Gasteiger partial charge < -0.3 is 14.7 Å². The van der Waals surface area contributed by atoms with Gasteiger partial charge in [0.05, 0.1) is 0 Å². The summed E-state index contributed by atoms with van der Waals surface area (Å²) in [5, 5.41) is 7.15. The van der Waals surface area contributed by atoms with E-state index in [1.807, 2.05) is 11.9 Å². The van der Waals surface area contributed by atoms with Crippen LogP contribution in [0, 0.1) is 5.92 Å². The molecule has 22 heavy (non-hydrogen) atoms. The van der Waals surface area contributed by atoms with Crippen LogP contribution in [0.15, 0.2) is 4.52 Å². The van der Waals surface area contributed by atoms with Gasteiger partial charge >= 0.3 is 0 Å². The van der Waals surface area contributed by atoms with Crippen LogP contribution in [0.2, 0.25) is 0 Å². The SMILES string of the molecule is CCCc1noc(CCCC(=O)N2CCC(CNC)CC2)n1. The number of amides is 1. The van der Waals surface area contributed by atoms with Gasteiger partial charge in [0.15, 0.2) is 5.82 Å². The zero-order chi connectivity index (χ0) is 15.8. The summed E-state index contributed by atoms with van der Waals surface area (Å²) in [6.45, 7) is 4.94. The number of piperidine rings is 1. The van der Waals surface area contributed by atoms with E-state index in [0.29, 0.717) is 24.7 Å². The summed E-state index contributed by atoms with van der Waals surface area (Å²) in [6, 6.07) is 0. The van der Waals surface area contributed by atoms with E-state index < -0.39 is 0 Å². The molecule has 2 rings (SSSR count). The predicted octanol–water partition coefficient (Wildman–Crippen LogP) is 1.80. The first-order valence-corrected chi connectivity index (χ1v) is 8.46. The second kappa shape index (κ2) is 8.88. The lowest BCUT2D eigenvalue weighted by atomic mass is 9.96. The summed E-state index contributed by atoms with van der Waals surface area (Å²) in [7, 11) is 1.99. The molecule has 1 aliphatic heterocycles. The van der Waals surface area contributed by atoms with Gasteiger partial charge in [0, 0.05) is 32.4 Å². The van der Waals surface area contributed by atoms with Crippen LogP contribution < -0.4 is 5.32 Å². The molecule has 0 unspecified atom stereocenters. The number of nitrogens with one attached hydrogen (secondary N) is 1. The van der Waals surface area contributed by atoms with Crippen molar-refractivity contribution in [1.29, 1.82) is 0 Å². The highest BCUT2D eigenvalue weighted by Crippen LogP contribution is 2.17. The summed E-state index contributed by atoms with van der Waals surface area (Å²) < 4.78 is 5.19. The Kier molecular flexibility index (Phi) is 6.83. The lowest BCUT2D eigenvalue weighted by molar-refractivity contribution is -0.132. The smallest absolute Gasteiger partial charge is 0.226 e. The highest BCUT2D eigenvalue weighted by atomic mass is 16.5. The Morgan fingerprint density at radius 1 is 1.36 bits per heavy atom. The molecular weight excluding hydrogens is 280 g/mol. The van der Waals surface area contributed by atoms with Gasteiger partial charge in [-0.25, -0.2) is 0 Å². The molecule has 124 valence electrons. The van der Waals surface area contributed by atoms with Crippen molar-refractivity contribution >= 4 is 5.91 Å². The molecule has 1 aromatic rings. The average Bonchev–Trinajstić information content (AvgIpc) is 2.96. The van der Waals surface area contributed by atoms with Gasteiger partial charge in [-0.15, -0.1) is 0 Å². The zero-order valence-corrected chi connectivity index (χ0v) is 13.8. The van der Waals surface area contributed by atoms with Gasteiger partial charge in [0.25, 0.3) is 0 Å². The molecule has 6 nitrogen and oxygen atoms in total. The van der Waals surface area contributed by atoms with E-state index in [0.717, 1.165) is 57.6 Å². The minimum atomic E-state index is 0.260. The first kappa shape index (κ1) is 16.9. The van der Waals surface area contributed by atoms with Crippen molar-refractivity contribution in [3.8, 4) is 0 Å². The summed E-state index contributed by atoms with van der Waals surface area (Å²) in [4.78, 5) is 18.5. The molecule has 0 radical (unpaired) electrons. The normalized spacial score (nSPS) is 16.2. The highest BCUT2D eigenvalue weighted by Gasteiger charge is 2.22. The van der Waals surface area contributed by atoms with Crippen molar-refractivity contribution < 1.29 is 9.32 Å². The lowest BCUT2D eigenvalue weighted by Crippen LogP contribution is -2.40. The summed E-state index contributed by atoms with van der Waals surface area (Å²) in [5.74, 6) is 2.40. The Labute approximate surface area is 132 Å². The molecule has 1 aromatic heterocycles. The fraction of sp³-hybridized carbons (Fsp3) is 0.812. The van der Waals surface area contributed by atoms with Crippen molar-refractivity contribution in [2.24, 2.45) is 5.92 Å². The molecule has 1 amide bonds. The molecule has 1 fully saturated rings. The van der Waals surface area contributed by atoms with Crippen molar-refractivity contribution in [3.05, 3.63) is 11.7 Å². The van der Waals surface area contributed by atoms with Crippen LogP contribution >= 0.6 is 0 Å². The number of hydrogen-bond acceptors (Lipinski definition) is 5. The third-order valence-corrected chi connectivity index (χ3v) is 4.23. The van der Waals surface area contributed by atoms with Crippen molar-refractivity contribution in [1.82, 2.24) is 20.4 Å². The first-order chi connectivity index (χ1) is 10.7. The van der Waals surface area contributed by atoms with E-state index in [-0.39, 0.29) is 5.91 Å². The second-order valence-corrected chi connectivity index (χ2v) is 6.09. The van der Waals surface area contributed by atoms with Crippen LogP contribution in [-0.4, -0.2) is 47.6 Å². The maximum atomic E-state index is 12.2. The molecule has 0 spiro atoms. The lowest BCUT2D eigenvalue weighted by Gasteiger charge is -2.32. The minimum absolute atomic E-state index is 0.260. The van der Waals surface area contributed by atoms with Crippen LogP contribution in [0.4, 0.5) is 0 Å². The standard InChI is InChI=1S/C16H28N4O2/c1-3-5-14-18-15(22-19-14)6-4-7-16(21)20-10-8-13(9-11-20)12-17-2/h13,17H,3-12H2,1-2H3. The number of carbonyl (C=O) groups is 1. The van der Waals surface area contributed by atoms with Gasteiger partial charge in [-0.2, -0.15) is 4.98 Å². The number of nitrogens with zero attached hydrogens (tertiary/aromatic N) is 3. The Balaban J connectivity index is 1.65. The fourth-order valence-electron chi connectivity index (χ4n) is 2.94. The van der Waals surface area contributed by atoms with Crippen LogP contribution in [0.3, 0.4) is 0 Å². The summed E-state index contributed by atoms with van der Waals surface area (Å²) >= 11 is 0. The molecule has 2 heterocycles. The van der Waals surface area contributed by atoms with Gasteiger partial charge in [-0.1, -0.05) is 12.1 Å². The molecule has 0 aromatic carbocycles. The van der Waals surface area contributed by atoms with Crippen molar-refractivity contribution in [2.75, 3.05) is 26.7 Å². The number of carbonyl (C=O) groups excluding carboxylic acids is 1. The van der Waals surface area contributed by atoms with Gasteiger partial charge in [-0.3, -0.25) is 4.79 Å². The summed E-state index contributed by atoms with van der Waals surface area (Å²) in [6.07, 6.45) is 6.13. The van der Waals surface area contributed by atoms with Gasteiger partial charge in [0.1, 0.15) is 0 Å². The van der Waals surface area contributed by atoms with E-state index in [9.17, 15) is 4.79 Å². The van der Waals surface area contributed by atoms with Crippen LogP contribution in [0.25, 0.3) is 0 Å². The molecule has 0 aliphatic carbocycles. The quantitative estimate of drug-likeness (QED) is 0.793. The second-order valence-electron chi connectivity index (χ2n) is 6.09. The third-order valence-electron chi connectivity index (χ3n) is 4.23. The number of hydrogen-bond donors (Lipinski definition) is 1. The molecule has 0 bridgehead atoms. The Bertz CT molecular complexity index is 453. The highest BCUT2D eigenvalue weighted by molar-refractivity contribution is 5.76. The van der Waals surface area contributed by atoms with E-state index >= 15 is 0 Å². The van der Waals surface area contributed by atoms with Crippen molar-refractivity contribution in [2.45, 2.75) is 51.9 Å². The maximum absolute atomic E-state index is 12.2. The van der Waals surface area contributed by atoms with E-state index in [2.05, 4.69) is 22.4 Å². The molecule has 1 aliphatic rings. The third kappa shape index (κ3) is 5.09. The average molecular weight is 308 g/mol. The Hall–Kier alpha value is -1.43. The molecule has 1 saturated heterocycles. The topological polar surface area (TPSA) is 71.3 Å². The molecule has 0 atom stereocenters. The van der Waals surface area contributed by atoms with Crippen LogP contribution in [0.5, 0.6) is 0 Å². The Morgan fingerprint density at radius 3 is 2.82 bits per heavy atom. The molecule has 0 saturated carbocycles. The van der Waals surface area contributed by atoms with Crippen LogP contribution in [-0.2, 0) is 17.6 Å². The maximum Gasteiger partial charge on any atom is 0.226 e. The van der Waals surface area contributed by atoms with E-state index in [4.69, 9.17) is 4.52 Å². The largest absolute Gasteiger partial charge is 0.343 e. The van der Waals surface area contributed by atoms with E-state index in [1.54, 1.807) is 0 Å². The van der Waals surface area contributed by atoms with E-state index in [1.165, 1.54) is 0 Å². The molecule has 1 N–H and O–H groups in total. The minimum Gasteiger partial charge on any atom is -0.343 e. The molecule has 6 heteroatoms. The zero-order valence-electron chi connectivity index (χ0n) is 13.8. The number of rotatable bonds is 8. The number of aryl methyl sites for hydroxylation is 2. The van der Waals surface area contributed by atoms with Crippen LogP contribution in [0.1, 0.15) is 50.7 Å². The van der Waals surface area contributed by atoms with Crippen molar-refractivity contribution in [3.63, 3.8) is 0 Å². The fourth-order valence-corrected chi connectivity index (χ4v) is 2.94. The van der Waals surface area contributed by atoms with Gasteiger partial charge in [0.2, 0.25) is 11.8 Å². The predicted molar refractivity (Wildman–Crippen MR) is 84.5 cm³/mol. The summed E-state index contributed by atoms with van der Waals surface area (Å²) in [5.41, 5.74) is 0. The number of aromatic nitrogens is 2.